The zero-order valence-electron chi connectivity index (χ0n) is 20.6. The SMILES string of the molecule is CCCC1(C(OC)Oc2ccc(C(CC(C)(C)C)C(C)(C)C)cc2)CCC(C)C1. The molecule has 2 nitrogen and oxygen atoms in total. The maximum absolute atomic E-state index is 6.45. The first-order valence-electron chi connectivity index (χ1n) is 11.7. The van der Waals surface area contributed by atoms with Crippen molar-refractivity contribution in [3.8, 4) is 5.75 Å². The van der Waals surface area contributed by atoms with E-state index in [0.717, 1.165) is 11.7 Å². The summed E-state index contributed by atoms with van der Waals surface area (Å²) in [7, 11) is 1.80. The minimum absolute atomic E-state index is 0.155. The van der Waals surface area contributed by atoms with Crippen LogP contribution < -0.4 is 4.74 Å². The lowest BCUT2D eigenvalue weighted by Gasteiger charge is -2.37. The van der Waals surface area contributed by atoms with Crippen LogP contribution in [0.25, 0.3) is 0 Å². The van der Waals surface area contributed by atoms with Crippen LogP contribution in [0, 0.1) is 22.2 Å². The molecule has 2 rings (SSSR count). The quantitative estimate of drug-likeness (QED) is 0.408. The summed E-state index contributed by atoms with van der Waals surface area (Å²) < 4.78 is 12.4. The Morgan fingerprint density at radius 2 is 1.69 bits per heavy atom. The lowest BCUT2D eigenvalue weighted by atomic mass is 9.69. The third-order valence-corrected chi connectivity index (χ3v) is 6.74. The van der Waals surface area contributed by atoms with E-state index < -0.39 is 0 Å². The van der Waals surface area contributed by atoms with Crippen molar-refractivity contribution in [2.45, 2.75) is 106 Å². The fourth-order valence-corrected chi connectivity index (χ4v) is 5.35. The Balaban J connectivity index is 2.19. The Labute approximate surface area is 180 Å². The highest BCUT2D eigenvalue weighted by Crippen LogP contribution is 2.49. The summed E-state index contributed by atoms with van der Waals surface area (Å²) >= 11 is 0. The van der Waals surface area contributed by atoms with Crippen LogP contribution in [0.3, 0.4) is 0 Å². The fraction of sp³-hybridized carbons (Fsp3) is 0.778. The van der Waals surface area contributed by atoms with E-state index in [4.69, 9.17) is 9.47 Å². The molecule has 1 aromatic carbocycles. The minimum atomic E-state index is -0.161. The van der Waals surface area contributed by atoms with Gasteiger partial charge in [-0.15, -0.1) is 0 Å². The molecule has 1 aliphatic carbocycles. The molecule has 0 aliphatic heterocycles. The van der Waals surface area contributed by atoms with E-state index in [1.807, 2.05) is 0 Å². The molecule has 0 amide bonds. The van der Waals surface area contributed by atoms with Crippen molar-refractivity contribution in [3.05, 3.63) is 29.8 Å². The van der Waals surface area contributed by atoms with Gasteiger partial charge in [0.1, 0.15) is 5.75 Å². The van der Waals surface area contributed by atoms with E-state index in [1.54, 1.807) is 7.11 Å². The van der Waals surface area contributed by atoms with Crippen LogP contribution in [-0.2, 0) is 4.74 Å². The van der Waals surface area contributed by atoms with E-state index in [1.165, 1.54) is 44.1 Å². The van der Waals surface area contributed by atoms with Gasteiger partial charge >= 0.3 is 0 Å². The van der Waals surface area contributed by atoms with Crippen molar-refractivity contribution in [2.75, 3.05) is 7.11 Å². The van der Waals surface area contributed by atoms with Crippen molar-refractivity contribution in [1.82, 2.24) is 0 Å². The van der Waals surface area contributed by atoms with Crippen molar-refractivity contribution >= 4 is 0 Å². The molecule has 1 aliphatic rings. The van der Waals surface area contributed by atoms with Crippen LogP contribution in [0.5, 0.6) is 5.75 Å². The zero-order valence-corrected chi connectivity index (χ0v) is 20.6. The molecule has 1 fully saturated rings. The van der Waals surface area contributed by atoms with Gasteiger partial charge in [-0.1, -0.05) is 73.9 Å². The maximum Gasteiger partial charge on any atom is 0.205 e. The predicted molar refractivity (Wildman–Crippen MR) is 124 cm³/mol. The molecule has 1 saturated carbocycles. The average molecular weight is 403 g/mol. The van der Waals surface area contributed by atoms with E-state index in [9.17, 15) is 0 Å². The number of methoxy groups -OCH3 is 1. The van der Waals surface area contributed by atoms with Gasteiger partial charge in [-0.3, -0.25) is 0 Å². The van der Waals surface area contributed by atoms with Crippen LogP contribution >= 0.6 is 0 Å². The van der Waals surface area contributed by atoms with Crippen molar-refractivity contribution in [3.63, 3.8) is 0 Å². The van der Waals surface area contributed by atoms with Gasteiger partial charge in [0.2, 0.25) is 6.29 Å². The summed E-state index contributed by atoms with van der Waals surface area (Å²) in [6.07, 6.45) is 7.05. The van der Waals surface area contributed by atoms with Crippen LogP contribution in [-0.4, -0.2) is 13.4 Å². The third-order valence-electron chi connectivity index (χ3n) is 6.74. The Morgan fingerprint density at radius 1 is 1.07 bits per heavy atom. The molecule has 166 valence electrons. The maximum atomic E-state index is 6.45. The second-order valence-electron chi connectivity index (χ2n) is 11.9. The fourth-order valence-electron chi connectivity index (χ4n) is 5.35. The second kappa shape index (κ2) is 9.41. The van der Waals surface area contributed by atoms with Gasteiger partial charge in [0.15, 0.2) is 0 Å². The molecule has 0 radical (unpaired) electrons. The number of rotatable bonds is 8. The first-order valence-corrected chi connectivity index (χ1v) is 11.7. The molecule has 0 aromatic heterocycles. The van der Waals surface area contributed by atoms with Crippen molar-refractivity contribution < 1.29 is 9.47 Å². The summed E-state index contributed by atoms with van der Waals surface area (Å²) in [6, 6.07) is 8.85. The second-order valence-corrected chi connectivity index (χ2v) is 11.9. The number of benzene rings is 1. The van der Waals surface area contributed by atoms with E-state index in [0.29, 0.717) is 11.3 Å². The van der Waals surface area contributed by atoms with Gasteiger partial charge in [0.25, 0.3) is 0 Å². The molecule has 0 spiro atoms. The van der Waals surface area contributed by atoms with Gasteiger partial charge in [-0.2, -0.15) is 0 Å². The van der Waals surface area contributed by atoms with E-state index >= 15 is 0 Å². The Hall–Kier alpha value is -1.02. The van der Waals surface area contributed by atoms with Crippen LogP contribution in [0.4, 0.5) is 0 Å². The van der Waals surface area contributed by atoms with E-state index in [-0.39, 0.29) is 17.1 Å². The molecule has 4 atom stereocenters. The molecule has 29 heavy (non-hydrogen) atoms. The summed E-state index contributed by atoms with van der Waals surface area (Å²) in [4.78, 5) is 0. The highest BCUT2D eigenvalue weighted by molar-refractivity contribution is 5.31. The first kappa shape index (κ1) is 24.3. The standard InChI is InChI=1S/C27H46O2/c1-10-16-27(17-15-20(2)18-27)24(28-9)29-22-13-11-21(12-14-22)23(26(6,7)8)19-25(3,4)5/h11-14,20,23-24H,10,15-19H2,1-9H3. The summed E-state index contributed by atoms with van der Waals surface area (Å²) in [6.45, 7) is 18.7. The molecule has 2 heteroatoms. The first-order chi connectivity index (χ1) is 13.4. The normalized spacial score (nSPS) is 25.1. The lowest BCUT2D eigenvalue weighted by molar-refractivity contribution is -0.142. The monoisotopic (exact) mass is 402 g/mol. The highest BCUT2D eigenvalue weighted by Gasteiger charge is 2.45. The van der Waals surface area contributed by atoms with Gasteiger partial charge in [0.05, 0.1) is 0 Å². The molecular weight excluding hydrogens is 356 g/mol. The molecule has 0 saturated heterocycles. The van der Waals surface area contributed by atoms with Gasteiger partial charge in [-0.25, -0.2) is 0 Å². The Bertz CT molecular complexity index is 615. The van der Waals surface area contributed by atoms with Gasteiger partial charge < -0.3 is 9.47 Å². The largest absolute Gasteiger partial charge is 0.464 e. The van der Waals surface area contributed by atoms with Gasteiger partial charge in [-0.05, 0) is 72.5 Å². The van der Waals surface area contributed by atoms with Crippen molar-refractivity contribution in [2.24, 2.45) is 22.2 Å². The Morgan fingerprint density at radius 3 is 2.10 bits per heavy atom. The minimum Gasteiger partial charge on any atom is -0.464 e. The number of hydrogen-bond acceptors (Lipinski definition) is 2. The molecule has 0 heterocycles. The predicted octanol–water partition coefficient (Wildman–Crippen LogP) is 8.21. The van der Waals surface area contributed by atoms with E-state index in [2.05, 4.69) is 79.7 Å². The highest BCUT2D eigenvalue weighted by atomic mass is 16.7. The third kappa shape index (κ3) is 6.48. The Kier molecular flexibility index (Phi) is 7.87. The van der Waals surface area contributed by atoms with Crippen molar-refractivity contribution in [1.29, 1.82) is 0 Å². The summed E-state index contributed by atoms with van der Waals surface area (Å²) in [5.41, 5.74) is 2.10. The smallest absolute Gasteiger partial charge is 0.205 e. The molecule has 0 N–H and O–H groups in total. The topological polar surface area (TPSA) is 18.5 Å². The van der Waals surface area contributed by atoms with Crippen LogP contribution in [0.1, 0.15) is 105 Å². The number of ether oxygens (including phenoxy) is 2. The van der Waals surface area contributed by atoms with Crippen LogP contribution in [0.2, 0.25) is 0 Å². The summed E-state index contributed by atoms with van der Waals surface area (Å²) in [5.74, 6) is 2.21. The zero-order chi connectivity index (χ0) is 21.9. The lowest BCUT2D eigenvalue weighted by Crippen LogP contribution is -2.39. The molecular formula is C27H46O2. The average Bonchev–Trinajstić information content (AvgIpc) is 2.98. The van der Waals surface area contributed by atoms with Crippen LogP contribution in [0.15, 0.2) is 24.3 Å². The number of hydrogen-bond donors (Lipinski definition) is 0. The summed E-state index contributed by atoms with van der Waals surface area (Å²) in [5, 5.41) is 0. The molecule has 4 unspecified atom stereocenters. The molecule has 0 bridgehead atoms. The van der Waals surface area contributed by atoms with Gasteiger partial charge in [0, 0.05) is 12.5 Å². The molecule has 1 aromatic rings.